The van der Waals surface area contributed by atoms with Crippen molar-refractivity contribution < 1.29 is 14.6 Å². The summed E-state index contributed by atoms with van der Waals surface area (Å²) in [5, 5.41) is 12.5. The zero-order valence-electron chi connectivity index (χ0n) is 14.0. The molecule has 2 N–H and O–H groups in total. The molecular weight excluding hydrogens is 294 g/mol. The normalized spacial score (nSPS) is 17.2. The molecule has 1 aromatic rings. The number of para-hydroxylation sites is 1. The number of nitrogens with one attached hydrogen (secondary N) is 1. The molecule has 1 fully saturated rings. The molecule has 1 aliphatic heterocycles. The summed E-state index contributed by atoms with van der Waals surface area (Å²) in [5.41, 5.74) is 1.05. The minimum absolute atomic E-state index is 0.00745. The molecule has 1 unspecified atom stereocenters. The summed E-state index contributed by atoms with van der Waals surface area (Å²) in [4.78, 5) is 15.4. The maximum atomic E-state index is 11.2. The monoisotopic (exact) mass is 321 g/mol. The zero-order valence-corrected chi connectivity index (χ0v) is 14.0. The molecule has 1 saturated heterocycles. The molecule has 128 valence electrons. The molecule has 23 heavy (non-hydrogen) atoms. The minimum atomic E-state index is -0.813. The first-order chi connectivity index (χ1) is 11.1. The Labute approximate surface area is 138 Å². The first-order valence-corrected chi connectivity index (χ1v) is 8.18. The average Bonchev–Trinajstić information content (AvgIpc) is 2.54. The first-order valence-electron chi connectivity index (χ1n) is 8.18. The van der Waals surface area contributed by atoms with Crippen LogP contribution >= 0.6 is 0 Å². The second-order valence-electron chi connectivity index (χ2n) is 5.85. The van der Waals surface area contributed by atoms with Gasteiger partial charge in [0.1, 0.15) is 5.75 Å². The quantitative estimate of drug-likeness (QED) is 0.746. The Morgan fingerprint density at radius 3 is 2.74 bits per heavy atom. The summed E-state index contributed by atoms with van der Waals surface area (Å²) in [5.74, 6) is 0.0269. The number of likely N-dealkylation sites (N-methyl/N-ethyl adjacent to an activating group) is 1. The predicted octanol–water partition coefficient (Wildman–Crippen LogP) is 1.05. The number of carboxylic acids is 1. The summed E-state index contributed by atoms with van der Waals surface area (Å²) in [7, 11) is 1.86. The van der Waals surface area contributed by atoms with Crippen molar-refractivity contribution in [2.45, 2.75) is 13.0 Å². The largest absolute Gasteiger partial charge is 0.494 e. The summed E-state index contributed by atoms with van der Waals surface area (Å²) in [6.07, 6.45) is 0. The van der Waals surface area contributed by atoms with Gasteiger partial charge in [0.2, 0.25) is 0 Å². The summed E-state index contributed by atoms with van der Waals surface area (Å²) in [6, 6.07) is 7.92. The van der Waals surface area contributed by atoms with Gasteiger partial charge in [0.25, 0.3) is 0 Å². The van der Waals surface area contributed by atoms with E-state index >= 15 is 0 Å². The Morgan fingerprint density at radius 2 is 2.09 bits per heavy atom. The molecule has 1 aromatic carbocycles. The van der Waals surface area contributed by atoms with Gasteiger partial charge in [0.05, 0.1) is 19.2 Å². The Morgan fingerprint density at radius 1 is 1.39 bits per heavy atom. The van der Waals surface area contributed by atoms with Crippen molar-refractivity contribution in [3.05, 3.63) is 29.8 Å². The number of hydrogen-bond donors (Lipinski definition) is 2. The van der Waals surface area contributed by atoms with Gasteiger partial charge in [0, 0.05) is 38.3 Å². The van der Waals surface area contributed by atoms with Crippen molar-refractivity contribution >= 4 is 5.97 Å². The molecular formula is C17H27N3O3. The lowest BCUT2D eigenvalue weighted by Gasteiger charge is -2.35. The number of aliphatic carboxylic acids is 1. The van der Waals surface area contributed by atoms with E-state index in [9.17, 15) is 4.79 Å². The summed E-state index contributed by atoms with van der Waals surface area (Å²) < 4.78 is 5.76. The van der Waals surface area contributed by atoms with Crippen molar-refractivity contribution in [2.75, 3.05) is 52.9 Å². The SMILES string of the molecule is CCOc1ccccc1C(CN1CCNCC1)N(C)CC(=O)O. The van der Waals surface area contributed by atoms with Crippen LogP contribution in [-0.4, -0.2) is 73.8 Å². The molecule has 6 heteroatoms. The molecule has 0 radical (unpaired) electrons. The standard InChI is InChI=1S/C17H27N3O3/c1-3-23-16-7-5-4-6-14(16)15(19(2)13-17(21)22)12-20-10-8-18-9-11-20/h4-7,15,18H,3,8-13H2,1-2H3,(H,21,22). The highest BCUT2D eigenvalue weighted by molar-refractivity contribution is 5.69. The predicted molar refractivity (Wildman–Crippen MR) is 89.9 cm³/mol. The van der Waals surface area contributed by atoms with Crippen LogP contribution < -0.4 is 10.1 Å². The fourth-order valence-corrected chi connectivity index (χ4v) is 2.98. The maximum Gasteiger partial charge on any atom is 0.317 e. The van der Waals surface area contributed by atoms with Crippen LogP contribution in [0.15, 0.2) is 24.3 Å². The van der Waals surface area contributed by atoms with E-state index in [1.807, 2.05) is 43.1 Å². The lowest BCUT2D eigenvalue weighted by molar-refractivity contribution is -0.138. The van der Waals surface area contributed by atoms with E-state index in [4.69, 9.17) is 9.84 Å². The van der Waals surface area contributed by atoms with Crippen molar-refractivity contribution in [3.63, 3.8) is 0 Å². The van der Waals surface area contributed by atoms with Gasteiger partial charge in [-0.25, -0.2) is 0 Å². The van der Waals surface area contributed by atoms with E-state index in [2.05, 4.69) is 10.2 Å². The third-order valence-corrected chi connectivity index (χ3v) is 4.14. The fraction of sp³-hybridized carbons (Fsp3) is 0.588. The van der Waals surface area contributed by atoms with Gasteiger partial charge < -0.3 is 15.2 Å². The van der Waals surface area contributed by atoms with Gasteiger partial charge in [-0.1, -0.05) is 18.2 Å². The Kier molecular flexibility index (Phi) is 6.83. The number of rotatable bonds is 8. The van der Waals surface area contributed by atoms with Crippen molar-refractivity contribution in [1.82, 2.24) is 15.1 Å². The van der Waals surface area contributed by atoms with Gasteiger partial charge >= 0.3 is 5.97 Å². The van der Waals surface area contributed by atoms with E-state index in [1.54, 1.807) is 0 Å². The molecule has 1 atom stereocenters. The zero-order chi connectivity index (χ0) is 16.7. The maximum absolute atomic E-state index is 11.2. The van der Waals surface area contributed by atoms with Crippen LogP contribution in [0.2, 0.25) is 0 Å². The second-order valence-corrected chi connectivity index (χ2v) is 5.85. The van der Waals surface area contributed by atoms with E-state index in [0.717, 1.165) is 44.0 Å². The van der Waals surface area contributed by atoms with Gasteiger partial charge in [0.15, 0.2) is 0 Å². The summed E-state index contributed by atoms with van der Waals surface area (Å²) in [6.45, 7) is 7.28. The van der Waals surface area contributed by atoms with Crippen LogP contribution in [0, 0.1) is 0 Å². The first kappa shape index (κ1) is 17.7. The van der Waals surface area contributed by atoms with Crippen molar-refractivity contribution in [3.8, 4) is 5.75 Å². The Hall–Kier alpha value is -1.63. The van der Waals surface area contributed by atoms with Crippen LogP contribution in [0.3, 0.4) is 0 Å². The number of hydrogen-bond acceptors (Lipinski definition) is 5. The van der Waals surface area contributed by atoms with E-state index in [0.29, 0.717) is 6.61 Å². The van der Waals surface area contributed by atoms with Gasteiger partial charge in [-0.3, -0.25) is 14.6 Å². The molecule has 0 saturated carbocycles. The molecule has 0 spiro atoms. The number of ether oxygens (including phenoxy) is 1. The van der Waals surface area contributed by atoms with Gasteiger partial charge in [-0.05, 0) is 20.0 Å². The highest BCUT2D eigenvalue weighted by atomic mass is 16.5. The smallest absolute Gasteiger partial charge is 0.317 e. The molecule has 0 aromatic heterocycles. The van der Waals surface area contributed by atoms with Gasteiger partial charge in [-0.15, -0.1) is 0 Å². The molecule has 1 aliphatic rings. The lowest BCUT2D eigenvalue weighted by atomic mass is 10.0. The van der Waals surface area contributed by atoms with Crippen molar-refractivity contribution in [2.24, 2.45) is 0 Å². The third-order valence-electron chi connectivity index (χ3n) is 4.14. The van der Waals surface area contributed by atoms with Crippen LogP contribution in [0.25, 0.3) is 0 Å². The van der Waals surface area contributed by atoms with E-state index in [-0.39, 0.29) is 12.6 Å². The molecule has 0 aliphatic carbocycles. The van der Waals surface area contributed by atoms with Crippen LogP contribution in [0.4, 0.5) is 0 Å². The average molecular weight is 321 g/mol. The lowest BCUT2D eigenvalue weighted by Crippen LogP contribution is -2.47. The van der Waals surface area contributed by atoms with Gasteiger partial charge in [-0.2, -0.15) is 0 Å². The van der Waals surface area contributed by atoms with E-state index in [1.165, 1.54) is 0 Å². The van der Waals surface area contributed by atoms with Crippen molar-refractivity contribution in [1.29, 1.82) is 0 Å². The third kappa shape index (κ3) is 5.20. The molecule has 6 nitrogen and oxygen atoms in total. The van der Waals surface area contributed by atoms with E-state index < -0.39 is 5.97 Å². The highest BCUT2D eigenvalue weighted by Gasteiger charge is 2.25. The van der Waals surface area contributed by atoms with Crippen LogP contribution in [0.1, 0.15) is 18.5 Å². The number of benzene rings is 1. The summed E-state index contributed by atoms with van der Waals surface area (Å²) >= 11 is 0. The number of nitrogens with zero attached hydrogens (tertiary/aromatic N) is 2. The number of carboxylic acid groups (broad SMARTS) is 1. The minimum Gasteiger partial charge on any atom is -0.494 e. The fourth-order valence-electron chi connectivity index (χ4n) is 2.98. The molecule has 1 heterocycles. The second kappa shape index (κ2) is 8.86. The molecule has 2 rings (SSSR count). The molecule has 0 bridgehead atoms. The molecule has 0 amide bonds. The van der Waals surface area contributed by atoms with Crippen LogP contribution in [0.5, 0.6) is 5.75 Å². The highest BCUT2D eigenvalue weighted by Crippen LogP contribution is 2.29. The Balaban J connectivity index is 2.22. The topological polar surface area (TPSA) is 65.0 Å². The number of piperazine rings is 1. The number of carbonyl (C=O) groups is 1. The Bertz CT molecular complexity index is 504. The van der Waals surface area contributed by atoms with Crippen LogP contribution in [-0.2, 0) is 4.79 Å².